The van der Waals surface area contributed by atoms with Gasteiger partial charge in [0.25, 0.3) is 0 Å². The summed E-state index contributed by atoms with van der Waals surface area (Å²) < 4.78 is 13.1. The molecule has 1 unspecified atom stereocenters. The van der Waals surface area contributed by atoms with Gasteiger partial charge in [0.1, 0.15) is 6.17 Å². The Morgan fingerprint density at radius 1 is 1.40 bits per heavy atom. The Bertz CT molecular complexity index is 337. The van der Waals surface area contributed by atoms with Crippen molar-refractivity contribution in [3.05, 3.63) is 34.9 Å². The third-order valence-corrected chi connectivity index (χ3v) is 2.48. The lowest BCUT2D eigenvalue weighted by atomic mass is 9.91. The summed E-state index contributed by atoms with van der Waals surface area (Å²) in [6.45, 7) is 7.56. The highest BCUT2D eigenvalue weighted by Gasteiger charge is 2.14. The third-order valence-electron chi connectivity index (χ3n) is 2.48. The smallest absolute Gasteiger partial charge is 0.122 e. The van der Waals surface area contributed by atoms with Crippen LogP contribution in [0.25, 0.3) is 0 Å². The lowest BCUT2D eigenvalue weighted by Crippen LogP contribution is -2.34. The quantitative estimate of drug-likeness (QED) is 0.812. The van der Waals surface area contributed by atoms with Crippen molar-refractivity contribution in [3.63, 3.8) is 0 Å². The van der Waals surface area contributed by atoms with E-state index in [0.29, 0.717) is 0 Å². The lowest BCUT2D eigenvalue weighted by molar-refractivity contribution is 0.373. The summed E-state index contributed by atoms with van der Waals surface area (Å²) in [6.07, 6.45) is -0.135. The maximum Gasteiger partial charge on any atom is 0.122 e. The summed E-state index contributed by atoms with van der Waals surface area (Å²) in [5, 5.41) is 0. The zero-order chi connectivity index (χ0) is 11.6. The molecule has 0 aliphatic rings. The van der Waals surface area contributed by atoms with Crippen molar-refractivity contribution < 1.29 is 4.39 Å². The molecule has 0 fully saturated rings. The molecule has 0 aliphatic heterocycles. The minimum absolute atomic E-state index is 0.247. The summed E-state index contributed by atoms with van der Waals surface area (Å²) in [4.78, 5) is 0. The number of halogens is 1. The van der Waals surface area contributed by atoms with Crippen molar-refractivity contribution in [1.82, 2.24) is 0 Å². The van der Waals surface area contributed by atoms with Gasteiger partial charge < -0.3 is 5.73 Å². The van der Waals surface area contributed by atoms with Crippen molar-refractivity contribution in [2.24, 2.45) is 5.73 Å². The van der Waals surface area contributed by atoms with Crippen LogP contribution in [0, 0.1) is 6.92 Å². The van der Waals surface area contributed by atoms with Gasteiger partial charge in [0.2, 0.25) is 0 Å². The average molecular weight is 209 g/mol. The van der Waals surface area contributed by atoms with E-state index in [4.69, 9.17) is 5.73 Å². The fourth-order valence-corrected chi connectivity index (χ4v) is 1.62. The van der Waals surface area contributed by atoms with Gasteiger partial charge in [-0.3, -0.25) is 0 Å². The van der Waals surface area contributed by atoms with Crippen molar-refractivity contribution in [2.75, 3.05) is 0 Å². The standard InChI is InChI=1S/C13H20FN/c1-9-5-6-11(10(2)14)7-12(9)8-13(3,4)15/h5-7,10H,8,15H2,1-4H3. The Kier molecular flexibility index (Phi) is 3.50. The molecule has 0 amide bonds. The van der Waals surface area contributed by atoms with Gasteiger partial charge in [0.05, 0.1) is 0 Å². The Morgan fingerprint density at radius 3 is 2.47 bits per heavy atom. The van der Waals surface area contributed by atoms with Crippen LogP contribution in [-0.4, -0.2) is 5.54 Å². The van der Waals surface area contributed by atoms with E-state index in [1.54, 1.807) is 6.92 Å². The molecule has 1 atom stereocenters. The van der Waals surface area contributed by atoms with E-state index in [1.165, 1.54) is 5.56 Å². The van der Waals surface area contributed by atoms with Crippen LogP contribution >= 0.6 is 0 Å². The molecule has 0 spiro atoms. The predicted molar refractivity (Wildman–Crippen MR) is 62.7 cm³/mol. The number of hydrogen-bond acceptors (Lipinski definition) is 1. The molecule has 1 aromatic rings. The Labute approximate surface area is 91.5 Å². The molecule has 0 heterocycles. The largest absolute Gasteiger partial charge is 0.325 e. The van der Waals surface area contributed by atoms with Crippen LogP contribution in [0.5, 0.6) is 0 Å². The van der Waals surface area contributed by atoms with Gasteiger partial charge in [-0.2, -0.15) is 0 Å². The number of aryl methyl sites for hydroxylation is 1. The molecule has 0 radical (unpaired) electrons. The summed E-state index contributed by atoms with van der Waals surface area (Å²) in [7, 11) is 0. The zero-order valence-electron chi connectivity index (χ0n) is 9.97. The highest BCUT2D eigenvalue weighted by atomic mass is 19.1. The SMILES string of the molecule is Cc1ccc(C(C)F)cc1CC(C)(C)N. The first-order valence-corrected chi connectivity index (χ1v) is 5.32. The topological polar surface area (TPSA) is 26.0 Å². The minimum atomic E-state index is -0.912. The summed E-state index contributed by atoms with van der Waals surface area (Å²) in [5.41, 5.74) is 8.78. The van der Waals surface area contributed by atoms with Crippen LogP contribution in [-0.2, 0) is 6.42 Å². The van der Waals surface area contributed by atoms with E-state index in [2.05, 4.69) is 0 Å². The molecule has 1 nitrogen and oxygen atoms in total. The second-order valence-corrected chi connectivity index (χ2v) is 4.97. The van der Waals surface area contributed by atoms with E-state index in [0.717, 1.165) is 17.5 Å². The van der Waals surface area contributed by atoms with Crippen molar-refractivity contribution in [3.8, 4) is 0 Å². The lowest BCUT2D eigenvalue weighted by Gasteiger charge is -2.20. The highest BCUT2D eigenvalue weighted by molar-refractivity contribution is 5.33. The molecular formula is C13H20FN. The van der Waals surface area contributed by atoms with Crippen LogP contribution in [0.15, 0.2) is 18.2 Å². The van der Waals surface area contributed by atoms with Crippen LogP contribution in [0.1, 0.15) is 43.6 Å². The fraction of sp³-hybridized carbons (Fsp3) is 0.538. The molecule has 0 aromatic heterocycles. The van der Waals surface area contributed by atoms with Crippen LogP contribution < -0.4 is 5.73 Å². The number of alkyl halides is 1. The Hall–Kier alpha value is -0.890. The van der Waals surface area contributed by atoms with E-state index in [9.17, 15) is 4.39 Å². The highest BCUT2D eigenvalue weighted by Crippen LogP contribution is 2.22. The first kappa shape index (κ1) is 12.2. The molecule has 2 heteroatoms. The molecule has 0 saturated heterocycles. The van der Waals surface area contributed by atoms with E-state index in [1.807, 2.05) is 39.0 Å². The first-order valence-electron chi connectivity index (χ1n) is 5.32. The number of hydrogen-bond donors (Lipinski definition) is 1. The number of benzene rings is 1. The number of rotatable bonds is 3. The monoisotopic (exact) mass is 209 g/mol. The van der Waals surface area contributed by atoms with Gasteiger partial charge in [-0.15, -0.1) is 0 Å². The molecule has 0 aliphatic carbocycles. The number of nitrogens with two attached hydrogens (primary N) is 1. The second-order valence-electron chi connectivity index (χ2n) is 4.97. The molecule has 84 valence electrons. The Balaban J connectivity index is 3.01. The van der Waals surface area contributed by atoms with Gasteiger partial charge in [-0.05, 0) is 50.8 Å². The fourth-order valence-electron chi connectivity index (χ4n) is 1.62. The minimum Gasteiger partial charge on any atom is -0.325 e. The zero-order valence-corrected chi connectivity index (χ0v) is 9.97. The third kappa shape index (κ3) is 3.63. The second kappa shape index (κ2) is 4.31. The maximum absolute atomic E-state index is 13.1. The summed E-state index contributed by atoms with van der Waals surface area (Å²) >= 11 is 0. The van der Waals surface area contributed by atoms with E-state index < -0.39 is 6.17 Å². The van der Waals surface area contributed by atoms with E-state index >= 15 is 0 Å². The van der Waals surface area contributed by atoms with Gasteiger partial charge in [-0.25, -0.2) is 4.39 Å². The molecule has 1 aromatic carbocycles. The molecule has 1 rings (SSSR count). The maximum atomic E-state index is 13.1. The molecule has 15 heavy (non-hydrogen) atoms. The van der Waals surface area contributed by atoms with Crippen molar-refractivity contribution in [1.29, 1.82) is 0 Å². The predicted octanol–water partition coefficient (Wildman–Crippen LogP) is 3.31. The molecule has 2 N–H and O–H groups in total. The van der Waals surface area contributed by atoms with Gasteiger partial charge in [-0.1, -0.05) is 18.2 Å². The summed E-state index contributed by atoms with van der Waals surface area (Å²) in [5.74, 6) is 0. The normalized spacial score (nSPS) is 14.0. The van der Waals surface area contributed by atoms with Gasteiger partial charge >= 0.3 is 0 Å². The first-order chi connectivity index (χ1) is 6.79. The average Bonchev–Trinajstić information content (AvgIpc) is 2.06. The Morgan fingerprint density at radius 2 is 2.00 bits per heavy atom. The van der Waals surface area contributed by atoms with Crippen LogP contribution in [0.4, 0.5) is 4.39 Å². The van der Waals surface area contributed by atoms with Gasteiger partial charge in [0, 0.05) is 5.54 Å². The van der Waals surface area contributed by atoms with Crippen molar-refractivity contribution in [2.45, 2.75) is 45.8 Å². The summed E-state index contributed by atoms with van der Waals surface area (Å²) in [6, 6.07) is 5.73. The van der Waals surface area contributed by atoms with Crippen LogP contribution in [0.3, 0.4) is 0 Å². The van der Waals surface area contributed by atoms with Gasteiger partial charge in [0.15, 0.2) is 0 Å². The van der Waals surface area contributed by atoms with Crippen molar-refractivity contribution >= 4 is 0 Å². The van der Waals surface area contributed by atoms with Crippen LogP contribution in [0.2, 0.25) is 0 Å². The molecule has 0 saturated carbocycles. The molecule has 0 bridgehead atoms. The molecular weight excluding hydrogens is 189 g/mol. The van der Waals surface area contributed by atoms with E-state index in [-0.39, 0.29) is 5.54 Å².